The van der Waals surface area contributed by atoms with Crippen LogP contribution in [0.15, 0.2) is 24.5 Å². The smallest absolute Gasteiger partial charge is 0.322 e. The molecule has 0 bridgehead atoms. The summed E-state index contributed by atoms with van der Waals surface area (Å²) in [5.74, 6) is 1.03. The molecule has 146 valence electrons. The molecule has 0 spiro atoms. The molecule has 0 atom stereocenters. The van der Waals surface area contributed by atoms with E-state index in [1.54, 1.807) is 6.92 Å². The molecule has 0 N–H and O–H groups in total. The Bertz CT molecular complexity index is 787. The molecule has 0 radical (unpaired) electrons. The number of ether oxygens (including phenoxy) is 2. The zero-order valence-corrected chi connectivity index (χ0v) is 17.2. The van der Waals surface area contributed by atoms with Gasteiger partial charge in [-0.15, -0.1) is 0 Å². The van der Waals surface area contributed by atoms with Crippen molar-refractivity contribution >= 4 is 34.4 Å². The van der Waals surface area contributed by atoms with Gasteiger partial charge in [0, 0.05) is 6.61 Å². The van der Waals surface area contributed by atoms with Gasteiger partial charge in [-0.05, 0) is 56.0 Å². The average molecular weight is 412 g/mol. The fraction of sp³-hybridized carbons (Fsp3) is 0.421. The first-order valence-electron chi connectivity index (χ1n) is 8.68. The molecule has 1 aromatic heterocycles. The predicted molar refractivity (Wildman–Crippen MR) is 107 cm³/mol. The molecule has 1 heterocycles. The topological polar surface area (TPSA) is 64.6 Å². The number of aryl methyl sites for hydroxylation is 2. The summed E-state index contributed by atoms with van der Waals surface area (Å²) in [6, 6.07) is 6.01. The van der Waals surface area contributed by atoms with Crippen LogP contribution in [0.2, 0.25) is 5.02 Å². The third-order valence-corrected chi connectivity index (χ3v) is 4.61. The molecule has 0 aliphatic heterocycles. The van der Waals surface area contributed by atoms with E-state index in [1.807, 2.05) is 26.0 Å². The lowest BCUT2D eigenvalue weighted by molar-refractivity contribution is 0.151. The number of halogens is 2. The number of carbonyl (C=O) groups excluding carboxylic acids is 1. The minimum absolute atomic E-state index is 0.212. The summed E-state index contributed by atoms with van der Waals surface area (Å²) < 4.78 is 11.2. The van der Waals surface area contributed by atoms with Gasteiger partial charge < -0.3 is 9.47 Å². The SMILES string of the molecule is CCOCCc1ccc(OCCN(C(=O)Cl)c2ncnc(C)c2Cl)c(C)c1. The summed E-state index contributed by atoms with van der Waals surface area (Å²) >= 11 is 11.9. The Morgan fingerprint density at radius 2 is 2.00 bits per heavy atom. The number of rotatable bonds is 9. The summed E-state index contributed by atoms with van der Waals surface area (Å²) in [7, 11) is 0. The number of benzene rings is 1. The van der Waals surface area contributed by atoms with Crippen LogP contribution in [0, 0.1) is 13.8 Å². The number of carbonyl (C=O) groups is 1. The quantitative estimate of drug-likeness (QED) is 0.343. The van der Waals surface area contributed by atoms with Crippen molar-refractivity contribution in [3.63, 3.8) is 0 Å². The van der Waals surface area contributed by atoms with Crippen LogP contribution in [0.25, 0.3) is 0 Å². The van der Waals surface area contributed by atoms with E-state index < -0.39 is 5.37 Å². The van der Waals surface area contributed by atoms with Gasteiger partial charge >= 0.3 is 5.37 Å². The van der Waals surface area contributed by atoms with Gasteiger partial charge in [-0.25, -0.2) is 9.97 Å². The second-order valence-electron chi connectivity index (χ2n) is 5.90. The van der Waals surface area contributed by atoms with Crippen molar-refractivity contribution < 1.29 is 14.3 Å². The van der Waals surface area contributed by atoms with Crippen molar-refractivity contribution in [3.05, 3.63) is 46.4 Å². The summed E-state index contributed by atoms with van der Waals surface area (Å²) in [4.78, 5) is 21.1. The van der Waals surface area contributed by atoms with Gasteiger partial charge in [0.2, 0.25) is 0 Å². The van der Waals surface area contributed by atoms with Crippen LogP contribution in [0.5, 0.6) is 5.75 Å². The van der Waals surface area contributed by atoms with E-state index in [-0.39, 0.29) is 19.0 Å². The van der Waals surface area contributed by atoms with Gasteiger partial charge in [0.15, 0.2) is 5.82 Å². The molecule has 1 amide bonds. The van der Waals surface area contributed by atoms with E-state index in [9.17, 15) is 4.79 Å². The maximum atomic E-state index is 11.8. The third kappa shape index (κ3) is 6.06. The highest BCUT2D eigenvalue weighted by Gasteiger charge is 2.19. The molecule has 0 unspecified atom stereocenters. The lowest BCUT2D eigenvalue weighted by atomic mass is 10.1. The molecule has 1 aromatic carbocycles. The molecule has 27 heavy (non-hydrogen) atoms. The predicted octanol–water partition coefficient (Wildman–Crippen LogP) is 4.57. The number of aromatic nitrogens is 2. The highest BCUT2D eigenvalue weighted by molar-refractivity contribution is 6.66. The molecule has 0 fully saturated rings. The maximum absolute atomic E-state index is 11.8. The van der Waals surface area contributed by atoms with Crippen molar-refractivity contribution in [2.24, 2.45) is 0 Å². The van der Waals surface area contributed by atoms with Gasteiger partial charge in [0.05, 0.1) is 18.8 Å². The Morgan fingerprint density at radius 3 is 2.67 bits per heavy atom. The van der Waals surface area contributed by atoms with E-state index >= 15 is 0 Å². The molecule has 8 heteroatoms. The summed E-state index contributed by atoms with van der Waals surface area (Å²) in [6.45, 7) is 7.56. The first kappa shape index (κ1) is 21.4. The zero-order valence-electron chi connectivity index (χ0n) is 15.7. The Hall–Kier alpha value is -1.89. The van der Waals surface area contributed by atoms with Crippen LogP contribution in [-0.2, 0) is 11.2 Å². The number of anilines is 1. The fourth-order valence-electron chi connectivity index (χ4n) is 2.52. The first-order valence-corrected chi connectivity index (χ1v) is 9.43. The Morgan fingerprint density at radius 1 is 1.22 bits per heavy atom. The number of nitrogens with zero attached hydrogens (tertiary/aromatic N) is 3. The van der Waals surface area contributed by atoms with E-state index in [0.717, 1.165) is 17.7 Å². The molecular weight excluding hydrogens is 389 g/mol. The van der Waals surface area contributed by atoms with Crippen molar-refractivity contribution in [1.82, 2.24) is 9.97 Å². The van der Waals surface area contributed by atoms with E-state index in [0.29, 0.717) is 23.9 Å². The molecule has 0 saturated carbocycles. The molecule has 0 aliphatic rings. The van der Waals surface area contributed by atoms with Gasteiger partial charge in [-0.3, -0.25) is 9.69 Å². The highest BCUT2D eigenvalue weighted by Crippen LogP contribution is 2.26. The van der Waals surface area contributed by atoms with Crippen LogP contribution in [0.3, 0.4) is 0 Å². The van der Waals surface area contributed by atoms with Gasteiger partial charge in [0.25, 0.3) is 0 Å². The monoisotopic (exact) mass is 411 g/mol. The number of hydrogen-bond donors (Lipinski definition) is 0. The fourth-order valence-corrected chi connectivity index (χ4v) is 2.88. The van der Waals surface area contributed by atoms with Crippen molar-refractivity contribution in [2.45, 2.75) is 27.2 Å². The van der Waals surface area contributed by atoms with Crippen molar-refractivity contribution in [3.8, 4) is 5.75 Å². The van der Waals surface area contributed by atoms with Gasteiger partial charge in [0.1, 0.15) is 23.7 Å². The van der Waals surface area contributed by atoms with Crippen molar-refractivity contribution in [2.75, 3.05) is 31.3 Å². The lowest BCUT2D eigenvalue weighted by Gasteiger charge is -2.20. The van der Waals surface area contributed by atoms with E-state index in [1.165, 1.54) is 16.8 Å². The van der Waals surface area contributed by atoms with Crippen molar-refractivity contribution in [1.29, 1.82) is 0 Å². The Labute approximate surface area is 169 Å². The highest BCUT2D eigenvalue weighted by atomic mass is 35.5. The molecule has 0 saturated heterocycles. The lowest BCUT2D eigenvalue weighted by Crippen LogP contribution is -2.32. The summed E-state index contributed by atoms with van der Waals surface area (Å²) in [6.07, 6.45) is 2.20. The van der Waals surface area contributed by atoms with Crippen LogP contribution < -0.4 is 9.64 Å². The normalized spacial score (nSPS) is 10.7. The number of hydrogen-bond acceptors (Lipinski definition) is 5. The van der Waals surface area contributed by atoms with Crippen LogP contribution >= 0.6 is 23.2 Å². The first-order chi connectivity index (χ1) is 12.9. The van der Waals surface area contributed by atoms with Crippen LogP contribution in [-0.4, -0.2) is 41.7 Å². The minimum Gasteiger partial charge on any atom is -0.491 e. The van der Waals surface area contributed by atoms with Crippen LogP contribution in [0.4, 0.5) is 10.6 Å². The second kappa shape index (κ2) is 10.4. The second-order valence-corrected chi connectivity index (χ2v) is 6.60. The minimum atomic E-state index is -0.679. The Kier molecular flexibility index (Phi) is 8.28. The largest absolute Gasteiger partial charge is 0.491 e. The molecule has 2 aromatic rings. The standard InChI is InChI=1S/C19H23Cl2N3O3/c1-4-26-9-7-15-5-6-16(13(2)11-15)27-10-8-24(19(21)25)18-17(20)14(3)22-12-23-18/h5-6,11-12H,4,7-10H2,1-3H3. The molecule has 2 rings (SSSR count). The van der Waals surface area contributed by atoms with Gasteiger partial charge in [-0.2, -0.15) is 0 Å². The molecule has 6 nitrogen and oxygen atoms in total. The summed E-state index contributed by atoms with van der Waals surface area (Å²) in [5.41, 5.74) is 2.78. The summed E-state index contributed by atoms with van der Waals surface area (Å²) in [5, 5.41) is -0.386. The Balaban J connectivity index is 1.99. The zero-order chi connectivity index (χ0) is 19.8. The maximum Gasteiger partial charge on any atom is 0.322 e. The average Bonchev–Trinajstić information content (AvgIpc) is 2.63. The van der Waals surface area contributed by atoms with E-state index in [4.69, 9.17) is 32.7 Å². The van der Waals surface area contributed by atoms with Crippen LogP contribution in [0.1, 0.15) is 23.7 Å². The molecular formula is C19H23Cl2N3O3. The van der Waals surface area contributed by atoms with Gasteiger partial charge in [-0.1, -0.05) is 23.7 Å². The van der Waals surface area contributed by atoms with E-state index in [2.05, 4.69) is 16.0 Å². The number of amides is 1. The molecule has 0 aliphatic carbocycles. The third-order valence-electron chi connectivity index (χ3n) is 3.96.